The van der Waals surface area contributed by atoms with Gasteiger partial charge in [0.25, 0.3) is 0 Å². The molecule has 0 atom stereocenters. The predicted molar refractivity (Wildman–Crippen MR) is 85.8 cm³/mol. The fraction of sp³-hybridized carbons (Fsp3) is 0.0714. The molecule has 19 heavy (non-hydrogen) atoms. The van der Waals surface area contributed by atoms with E-state index in [0.717, 1.165) is 21.3 Å². The molecule has 0 aromatic heterocycles. The third kappa shape index (κ3) is 3.93. The second-order valence-corrected chi connectivity index (χ2v) is 5.66. The second-order valence-electron chi connectivity index (χ2n) is 3.93. The summed E-state index contributed by atoms with van der Waals surface area (Å²) < 4.78 is 6.54. The van der Waals surface area contributed by atoms with Gasteiger partial charge in [0.15, 0.2) is 0 Å². The molecular weight excluding hydrogens is 346 g/mol. The fourth-order valence-electron chi connectivity index (χ4n) is 1.56. The van der Waals surface area contributed by atoms with E-state index in [1.54, 1.807) is 0 Å². The summed E-state index contributed by atoms with van der Waals surface area (Å²) in [5, 5.41) is 0.698. The van der Waals surface area contributed by atoms with Crippen molar-refractivity contribution in [2.45, 2.75) is 6.61 Å². The van der Waals surface area contributed by atoms with Gasteiger partial charge in [-0.05, 0) is 51.8 Å². The number of ether oxygens (including phenoxy) is 1. The molecule has 0 unspecified atom stereocenters. The van der Waals surface area contributed by atoms with E-state index in [9.17, 15) is 0 Å². The second kappa shape index (κ2) is 6.37. The molecule has 0 aliphatic rings. The largest absolute Gasteiger partial charge is 0.488 e. The Morgan fingerprint density at radius 3 is 2.68 bits per heavy atom. The summed E-state index contributed by atoms with van der Waals surface area (Å²) >= 11 is 14.3. The van der Waals surface area contributed by atoms with Crippen LogP contribution in [0.5, 0.6) is 5.75 Å². The van der Waals surface area contributed by atoms with Crippen LogP contribution in [0, 0.1) is 0 Å². The third-order valence-corrected chi connectivity index (χ3v) is 3.59. The highest BCUT2D eigenvalue weighted by Gasteiger charge is 2.05. The molecule has 0 radical (unpaired) electrons. The number of hydrogen-bond acceptors (Lipinski definition) is 2. The average Bonchev–Trinajstić information content (AvgIpc) is 2.37. The van der Waals surface area contributed by atoms with Gasteiger partial charge in [-0.2, -0.15) is 0 Å². The van der Waals surface area contributed by atoms with Crippen LogP contribution in [0.3, 0.4) is 0 Å². The van der Waals surface area contributed by atoms with E-state index < -0.39 is 0 Å². The Hall–Kier alpha value is -1.10. The zero-order chi connectivity index (χ0) is 13.8. The summed E-state index contributed by atoms with van der Waals surface area (Å²) in [5.41, 5.74) is 7.38. The van der Waals surface area contributed by atoms with E-state index in [-0.39, 0.29) is 0 Å². The molecule has 98 valence electrons. The van der Waals surface area contributed by atoms with Gasteiger partial charge < -0.3 is 10.5 Å². The first kappa shape index (κ1) is 14.3. The van der Waals surface area contributed by atoms with Crippen LogP contribution in [0.25, 0.3) is 0 Å². The highest BCUT2D eigenvalue weighted by molar-refractivity contribution is 9.10. The Bertz CT molecular complexity index is 618. The Kier molecular flexibility index (Phi) is 4.80. The van der Waals surface area contributed by atoms with Crippen LogP contribution < -0.4 is 10.5 Å². The Labute approximate surface area is 130 Å². The molecule has 0 saturated carbocycles. The maximum atomic E-state index is 5.92. The molecule has 2 N–H and O–H groups in total. The number of rotatable bonds is 4. The molecule has 2 aromatic rings. The minimum absolute atomic E-state index is 0.363. The Balaban J connectivity index is 2.10. The van der Waals surface area contributed by atoms with E-state index in [1.165, 1.54) is 0 Å². The van der Waals surface area contributed by atoms with Gasteiger partial charge in [-0.1, -0.05) is 36.0 Å². The van der Waals surface area contributed by atoms with Crippen LogP contribution in [0.1, 0.15) is 11.1 Å². The van der Waals surface area contributed by atoms with Crippen molar-refractivity contribution >= 4 is 44.7 Å². The normalized spacial score (nSPS) is 10.2. The van der Waals surface area contributed by atoms with Gasteiger partial charge in [0.1, 0.15) is 17.3 Å². The van der Waals surface area contributed by atoms with Gasteiger partial charge in [0.05, 0.1) is 4.47 Å². The Morgan fingerprint density at radius 1 is 1.26 bits per heavy atom. The lowest BCUT2D eigenvalue weighted by molar-refractivity contribution is 0.304. The van der Waals surface area contributed by atoms with Crippen molar-refractivity contribution in [3.05, 3.63) is 63.1 Å². The molecule has 0 bridgehead atoms. The highest BCUT2D eigenvalue weighted by Crippen LogP contribution is 2.27. The maximum absolute atomic E-state index is 5.92. The third-order valence-electron chi connectivity index (χ3n) is 2.50. The van der Waals surface area contributed by atoms with E-state index in [1.807, 2.05) is 42.5 Å². The van der Waals surface area contributed by atoms with Gasteiger partial charge in [-0.25, -0.2) is 0 Å². The lowest BCUT2D eigenvalue weighted by Gasteiger charge is -2.09. The smallest absolute Gasteiger partial charge is 0.134 e. The average molecular weight is 357 g/mol. The van der Waals surface area contributed by atoms with Gasteiger partial charge in [-0.3, -0.25) is 0 Å². The molecule has 0 amide bonds. The van der Waals surface area contributed by atoms with Crippen molar-refractivity contribution < 1.29 is 4.74 Å². The standard InChI is InChI=1S/C14H11BrClNOS/c15-12-7-10(14(17)19)4-5-13(12)18-8-9-2-1-3-11(16)6-9/h1-7H,8H2,(H2,17,19). The summed E-state index contributed by atoms with van der Waals surface area (Å²) in [6, 6.07) is 13.1. The van der Waals surface area contributed by atoms with Gasteiger partial charge in [0.2, 0.25) is 0 Å². The number of thiocarbonyl (C=S) groups is 1. The van der Waals surface area contributed by atoms with Crippen molar-refractivity contribution in [2.24, 2.45) is 5.73 Å². The molecule has 2 aromatic carbocycles. The lowest BCUT2D eigenvalue weighted by Crippen LogP contribution is -2.09. The molecule has 0 fully saturated rings. The van der Waals surface area contributed by atoms with Crippen molar-refractivity contribution in [1.82, 2.24) is 0 Å². The molecule has 0 aliphatic carbocycles. The quantitative estimate of drug-likeness (QED) is 0.829. The molecule has 2 nitrogen and oxygen atoms in total. The monoisotopic (exact) mass is 355 g/mol. The van der Waals surface area contributed by atoms with Crippen LogP contribution in [-0.2, 0) is 6.61 Å². The minimum Gasteiger partial charge on any atom is -0.488 e. The van der Waals surface area contributed by atoms with E-state index in [2.05, 4.69) is 15.9 Å². The first-order valence-corrected chi connectivity index (χ1v) is 7.11. The molecule has 0 spiro atoms. The van der Waals surface area contributed by atoms with Crippen LogP contribution in [-0.4, -0.2) is 4.99 Å². The molecule has 0 heterocycles. The predicted octanol–water partition coefficient (Wildman–Crippen LogP) is 4.32. The first-order chi connectivity index (χ1) is 9.06. The first-order valence-electron chi connectivity index (χ1n) is 5.53. The van der Waals surface area contributed by atoms with Crippen LogP contribution in [0.4, 0.5) is 0 Å². The van der Waals surface area contributed by atoms with Gasteiger partial charge >= 0.3 is 0 Å². The van der Waals surface area contributed by atoms with Gasteiger partial charge in [-0.15, -0.1) is 0 Å². The summed E-state index contributed by atoms with van der Waals surface area (Å²) in [6.07, 6.45) is 0. The minimum atomic E-state index is 0.363. The zero-order valence-corrected chi connectivity index (χ0v) is 13.1. The SMILES string of the molecule is NC(=S)c1ccc(OCc2cccc(Cl)c2)c(Br)c1. The van der Waals surface area contributed by atoms with E-state index >= 15 is 0 Å². The molecule has 0 aliphatic heterocycles. The topological polar surface area (TPSA) is 35.2 Å². The highest BCUT2D eigenvalue weighted by atomic mass is 79.9. The lowest BCUT2D eigenvalue weighted by atomic mass is 10.2. The molecule has 5 heteroatoms. The summed E-state index contributed by atoms with van der Waals surface area (Å²) in [7, 11) is 0. The van der Waals surface area contributed by atoms with Crippen molar-refractivity contribution in [1.29, 1.82) is 0 Å². The fourth-order valence-corrected chi connectivity index (χ4v) is 2.39. The van der Waals surface area contributed by atoms with Crippen molar-refractivity contribution in [2.75, 3.05) is 0 Å². The van der Waals surface area contributed by atoms with Crippen LogP contribution >= 0.6 is 39.7 Å². The number of halogens is 2. The van der Waals surface area contributed by atoms with Gasteiger partial charge in [0, 0.05) is 10.6 Å². The molecular formula is C14H11BrClNOS. The summed E-state index contributed by atoms with van der Waals surface area (Å²) in [4.78, 5) is 0.363. The van der Waals surface area contributed by atoms with Crippen LogP contribution in [0.2, 0.25) is 5.02 Å². The van der Waals surface area contributed by atoms with Crippen LogP contribution in [0.15, 0.2) is 46.9 Å². The van der Waals surface area contributed by atoms with Crippen molar-refractivity contribution in [3.63, 3.8) is 0 Å². The van der Waals surface area contributed by atoms with E-state index in [0.29, 0.717) is 16.6 Å². The molecule has 2 rings (SSSR count). The maximum Gasteiger partial charge on any atom is 0.134 e. The van der Waals surface area contributed by atoms with Crippen molar-refractivity contribution in [3.8, 4) is 5.75 Å². The summed E-state index contributed by atoms with van der Waals surface area (Å²) in [5.74, 6) is 0.736. The Morgan fingerprint density at radius 2 is 2.05 bits per heavy atom. The zero-order valence-electron chi connectivity index (χ0n) is 9.90. The number of nitrogens with two attached hydrogens (primary N) is 1. The van der Waals surface area contributed by atoms with E-state index in [4.69, 9.17) is 34.3 Å². The number of benzene rings is 2. The molecule has 0 saturated heterocycles. The summed E-state index contributed by atoms with van der Waals surface area (Å²) in [6.45, 7) is 0.450. The number of hydrogen-bond donors (Lipinski definition) is 1.